The van der Waals surface area contributed by atoms with Crippen molar-refractivity contribution >= 4 is 22.1 Å². The Bertz CT molecular complexity index is 705. The molecule has 0 saturated heterocycles. The summed E-state index contributed by atoms with van der Waals surface area (Å²) in [6.45, 7) is 10.9. The molecule has 2 rings (SSSR count). The van der Waals surface area contributed by atoms with Crippen molar-refractivity contribution in [2.45, 2.75) is 86.5 Å². The predicted molar refractivity (Wildman–Crippen MR) is 115 cm³/mol. The van der Waals surface area contributed by atoms with E-state index in [2.05, 4.69) is 32.9 Å². The first-order valence-electron chi connectivity index (χ1n) is 10.7. The van der Waals surface area contributed by atoms with Crippen LogP contribution in [-0.2, 0) is 0 Å². The van der Waals surface area contributed by atoms with Gasteiger partial charge in [0.15, 0.2) is 0 Å². The number of rotatable bonds is 11. The molecule has 0 aliphatic carbocycles. The van der Waals surface area contributed by atoms with Crippen LogP contribution in [-0.4, -0.2) is 33.4 Å². The van der Waals surface area contributed by atoms with Gasteiger partial charge in [-0.25, -0.2) is 0 Å². The monoisotopic (exact) mass is 481 g/mol. The van der Waals surface area contributed by atoms with Crippen molar-refractivity contribution in [3.05, 3.63) is 35.3 Å². The molecule has 3 nitrogen and oxygen atoms in total. The summed E-state index contributed by atoms with van der Waals surface area (Å²) in [6.07, 6.45) is 7.56. The average Bonchev–Trinajstić information content (AvgIpc) is 3.03. The second kappa shape index (κ2) is 10.6. The summed E-state index contributed by atoms with van der Waals surface area (Å²) in [5.41, 5.74) is 2.53. The Morgan fingerprint density at radius 2 is 1.48 bits per heavy atom. The van der Waals surface area contributed by atoms with Crippen molar-refractivity contribution < 1.29 is 4.39 Å². The van der Waals surface area contributed by atoms with Gasteiger partial charge < -0.3 is 0 Å². The van der Waals surface area contributed by atoms with Crippen LogP contribution in [0.1, 0.15) is 70.6 Å². The summed E-state index contributed by atoms with van der Waals surface area (Å²) >= 11 is -2.66. The van der Waals surface area contributed by atoms with Gasteiger partial charge in [0, 0.05) is 0 Å². The summed E-state index contributed by atoms with van der Waals surface area (Å²) in [4.78, 5) is 0. The first kappa shape index (κ1) is 22.4. The number of nitrogens with zero attached hydrogens (tertiary/aromatic N) is 3. The fraction of sp³-hybridized carbons (Fsp3) is 0.636. The molecule has 0 fully saturated rings. The third kappa shape index (κ3) is 5.33. The van der Waals surface area contributed by atoms with Crippen molar-refractivity contribution in [2.75, 3.05) is 0 Å². The van der Waals surface area contributed by atoms with Crippen LogP contribution in [0, 0.1) is 19.7 Å². The summed E-state index contributed by atoms with van der Waals surface area (Å²) in [7, 11) is 0. The Hall–Kier alpha value is -0.911. The van der Waals surface area contributed by atoms with E-state index in [4.69, 9.17) is 5.10 Å². The molecule has 150 valence electrons. The van der Waals surface area contributed by atoms with Crippen molar-refractivity contribution in [3.63, 3.8) is 0 Å². The first-order chi connectivity index (χ1) is 13.0. The number of benzene rings is 1. The molecule has 0 radical (unpaired) electrons. The fourth-order valence-electron chi connectivity index (χ4n) is 4.11. The van der Waals surface area contributed by atoms with E-state index in [1.165, 1.54) is 55.5 Å². The molecule has 0 amide bonds. The average molecular weight is 480 g/mol. The van der Waals surface area contributed by atoms with Crippen LogP contribution in [0.4, 0.5) is 4.39 Å². The Labute approximate surface area is 168 Å². The van der Waals surface area contributed by atoms with Crippen molar-refractivity contribution in [2.24, 2.45) is 0 Å². The van der Waals surface area contributed by atoms with Gasteiger partial charge in [-0.15, -0.1) is 0 Å². The summed E-state index contributed by atoms with van der Waals surface area (Å²) in [5.74, 6) is -0.217. The second-order valence-electron chi connectivity index (χ2n) is 7.98. The third-order valence-electron chi connectivity index (χ3n) is 5.75. The van der Waals surface area contributed by atoms with Crippen LogP contribution >= 0.6 is 0 Å². The maximum absolute atomic E-state index is 14.6. The molecule has 0 aliphatic heterocycles. The first-order valence-corrected chi connectivity index (χ1v) is 18.2. The predicted octanol–water partition coefficient (Wildman–Crippen LogP) is 6.08. The van der Waals surface area contributed by atoms with E-state index in [-0.39, 0.29) is 5.82 Å². The van der Waals surface area contributed by atoms with Crippen LogP contribution in [0.3, 0.4) is 0 Å². The standard InChI is InChI=1S/C10H9FN3.3C4H9.Sn/c1-7-3-4-10(9(11)5-7)14-8(2)6-12-13-14;3*1-3-4-2;/h3-5H,1-2H3;3*1,3-4H2,2H3;. The number of halogens is 1. The molecule has 0 N–H and O–H groups in total. The van der Waals surface area contributed by atoms with Crippen LogP contribution < -0.4 is 3.71 Å². The van der Waals surface area contributed by atoms with Gasteiger partial charge in [-0.2, -0.15) is 0 Å². The van der Waals surface area contributed by atoms with Crippen LogP contribution in [0.25, 0.3) is 5.69 Å². The number of hydrogen-bond acceptors (Lipinski definition) is 2. The zero-order valence-electron chi connectivity index (χ0n) is 17.8. The third-order valence-corrected chi connectivity index (χ3v) is 21.2. The number of aryl methyl sites for hydroxylation is 1. The number of unbranched alkanes of at least 4 members (excludes halogenated alkanes) is 3. The van der Waals surface area contributed by atoms with Gasteiger partial charge in [-0.3, -0.25) is 0 Å². The molecule has 0 atom stereocenters. The maximum atomic E-state index is 14.6. The van der Waals surface area contributed by atoms with Crippen LogP contribution in [0.5, 0.6) is 0 Å². The van der Waals surface area contributed by atoms with E-state index in [0.717, 1.165) is 11.3 Å². The number of aromatic nitrogens is 3. The van der Waals surface area contributed by atoms with Gasteiger partial charge in [0.05, 0.1) is 0 Å². The van der Waals surface area contributed by atoms with E-state index in [0.29, 0.717) is 5.69 Å². The minimum absolute atomic E-state index is 0.217. The topological polar surface area (TPSA) is 30.7 Å². The Balaban J connectivity index is 2.49. The molecule has 1 aromatic heterocycles. The van der Waals surface area contributed by atoms with Crippen LogP contribution in [0.2, 0.25) is 13.3 Å². The van der Waals surface area contributed by atoms with Gasteiger partial charge in [0.1, 0.15) is 0 Å². The molecule has 1 aromatic carbocycles. The van der Waals surface area contributed by atoms with Gasteiger partial charge in [-0.05, 0) is 0 Å². The van der Waals surface area contributed by atoms with E-state index in [1.807, 2.05) is 19.1 Å². The summed E-state index contributed by atoms with van der Waals surface area (Å²) < 4.78 is 21.6. The molecule has 2 aromatic rings. The summed E-state index contributed by atoms with van der Waals surface area (Å²) in [6, 6.07) is 5.36. The van der Waals surface area contributed by atoms with E-state index in [9.17, 15) is 4.39 Å². The van der Waals surface area contributed by atoms with Gasteiger partial charge in [-0.1, -0.05) is 0 Å². The van der Waals surface area contributed by atoms with Gasteiger partial charge in [0.25, 0.3) is 0 Å². The quantitative estimate of drug-likeness (QED) is 0.365. The summed E-state index contributed by atoms with van der Waals surface area (Å²) in [5, 5.41) is 9.17. The van der Waals surface area contributed by atoms with Crippen molar-refractivity contribution in [1.29, 1.82) is 0 Å². The molecular formula is C22H36FN3Sn. The molecule has 0 unspecified atom stereocenters. The van der Waals surface area contributed by atoms with Gasteiger partial charge >= 0.3 is 169 Å². The van der Waals surface area contributed by atoms with Crippen molar-refractivity contribution in [1.82, 2.24) is 15.0 Å². The Morgan fingerprint density at radius 3 is 1.96 bits per heavy atom. The van der Waals surface area contributed by atoms with E-state index < -0.39 is 18.4 Å². The zero-order chi connectivity index (χ0) is 19.9. The minimum atomic E-state index is -2.66. The fourth-order valence-corrected chi connectivity index (χ4v) is 20.3. The molecule has 5 heteroatoms. The Kier molecular flexibility index (Phi) is 8.77. The molecule has 0 saturated carbocycles. The zero-order valence-corrected chi connectivity index (χ0v) is 20.7. The molecule has 0 aliphatic rings. The molecular weight excluding hydrogens is 444 g/mol. The van der Waals surface area contributed by atoms with E-state index in [1.54, 1.807) is 10.7 Å². The van der Waals surface area contributed by atoms with Gasteiger partial charge in [0.2, 0.25) is 0 Å². The molecule has 27 heavy (non-hydrogen) atoms. The second-order valence-corrected chi connectivity index (χ2v) is 20.9. The van der Waals surface area contributed by atoms with E-state index >= 15 is 0 Å². The number of hydrogen-bond donors (Lipinski definition) is 0. The van der Waals surface area contributed by atoms with Crippen molar-refractivity contribution in [3.8, 4) is 5.69 Å². The normalized spacial score (nSPS) is 11.9. The Morgan fingerprint density at radius 1 is 0.926 bits per heavy atom. The molecule has 1 heterocycles. The molecule has 0 bridgehead atoms. The molecule has 0 spiro atoms. The van der Waals surface area contributed by atoms with Crippen LogP contribution in [0.15, 0.2) is 18.2 Å². The SMILES string of the molecule is CCC[CH2][Sn]([CH2]CCC)([CH2]CCC)[c]1nnn(-c2ccc(C)cc2F)c1C.